The maximum Gasteiger partial charge on any atom is 0.432 e. The molecule has 0 aliphatic rings. The number of nitrogens with zero attached hydrogens (tertiary/aromatic N) is 2. The molecule has 112 valence electrons. The number of carbonyl (C=O) groups is 1. The minimum Gasteiger partial charge on any atom is -0.390 e. The zero-order valence-corrected chi connectivity index (χ0v) is 12.0. The van der Waals surface area contributed by atoms with Crippen molar-refractivity contribution in [3.63, 3.8) is 0 Å². The number of aromatic amines is 1. The number of hydrogen-bond donors (Lipinski definition) is 3. The molecule has 1 heterocycles. The molecule has 0 aliphatic heterocycles. The lowest BCUT2D eigenvalue weighted by Crippen LogP contribution is -2.49. The number of ketones is 1. The molecule has 1 aromatic heterocycles. The fourth-order valence-corrected chi connectivity index (χ4v) is 1.54. The molecule has 0 fully saturated rings. The van der Waals surface area contributed by atoms with E-state index >= 15 is 0 Å². The van der Waals surface area contributed by atoms with Crippen LogP contribution >= 0.6 is 0 Å². The Morgan fingerprint density at radius 1 is 1.65 bits per heavy atom. The van der Waals surface area contributed by atoms with Crippen molar-refractivity contribution >= 4 is 11.7 Å². The van der Waals surface area contributed by atoms with Crippen molar-refractivity contribution in [2.24, 2.45) is 11.7 Å². The van der Waals surface area contributed by atoms with Crippen molar-refractivity contribution in [3.8, 4) is 0 Å². The lowest BCUT2D eigenvalue weighted by Gasteiger charge is -2.26. The molecule has 20 heavy (non-hydrogen) atoms. The number of rotatable bonds is 8. The van der Waals surface area contributed by atoms with Crippen LogP contribution in [0.1, 0.15) is 26.5 Å². The van der Waals surface area contributed by atoms with E-state index < -0.39 is 10.5 Å². The highest BCUT2D eigenvalue weighted by Gasteiger charge is 2.28. The number of carbonyl (C=O) groups excluding carboxylic acids is 1. The molecular weight excluding hydrogens is 262 g/mol. The largest absolute Gasteiger partial charge is 0.432 e. The fourth-order valence-electron chi connectivity index (χ4n) is 1.54. The standard InChI is InChI=1S/C12H21N5O3/c1-8(5-13)6-15-12(2,3)10(18)4-9-7-14-11(16-9)17(19)20/h7-8,15H,4-6,13H2,1-3H3,(H,14,16). The predicted molar refractivity (Wildman–Crippen MR) is 74.3 cm³/mol. The van der Waals surface area contributed by atoms with Crippen LogP contribution in [0.2, 0.25) is 0 Å². The Morgan fingerprint density at radius 2 is 2.30 bits per heavy atom. The van der Waals surface area contributed by atoms with Crippen LogP contribution in [0.25, 0.3) is 0 Å². The molecular formula is C12H21N5O3. The minimum absolute atomic E-state index is 0.0673. The number of imidazole rings is 1. The topological polar surface area (TPSA) is 127 Å². The second-order valence-electron chi connectivity index (χ2n) is 5.44. The first-order chi connectivity index (χ1) is 9.26. The van der Waals surface area contributed by atoms with Crippen LogP contribution < -0.4 is 11.1 Å². The number of hydrogen-bond acceptors (Lipinski definition) is 6. The molecule has 0 aromatic carbocycles. The van der Waals surface area contributed by atoms with Gasteiger partial charge in [0.25, 0.3) is 0 Å². The summed E-state index contributed by atoms with van der Waals surface area (Å²) in [4.78, 5) is 28.2. The summed E-state index contributed by atoms with van der Waals surface area (Å²) >= 11 is 0. The minimum atomic E-state index is -0.719. The smallest absolute Gasteiger partial charge is 0.390 e. The van der Waals surface area contributed by atoms with Crippen LogP contribution in [0.15, 0.2) is 6.20 Å². The van der Waals surface area contributed by atoms with Gasteiger partial charge in [0, 0.05) is 0 Å². The second-order valence-corrected chi connectivity index (χ2v) is 5.44. The van der Waals surface area contributed by atoms with Gasteiger partial charge in [-0.3, -0.25) is 4.79 Å². The Balaban J connectivity index is 2.61. The van der Waals surface area contributed by atoms with Crippen molar-refractivity contribution in [3.05, 3.63) is 22.0 Å². The molecule has 8 nitrogen and oxygen atoms in total. The first kappa shape index (κ1) is 16.3. The van der Waals surface area contributed by atoms with Crippen LogP contribution in [0.4, 0.5) is 5.95 Å². The molecule has 0 aliphatic carbocycles. The highest BCUT2D eigenvalue weighted by molar-refractivity contribution is 5.89. The molecule has 1 unspecified atom stereocenters. The van der Waals surface area contributed by atoms with Crippen molar-refractivity contribution in [1.29, 1.82) is 0 Å². The Kier molecular flexibility index (Phi) is 5.34. The zero-order valence-electron chi connectivity index (χ0n) is 12.0. The van der Waals surface area contributed by atoms with E-state index in [2.05, 4.69) is 15.3 Å². The Labute approximate surface area is 117 Å². The molecule has 0 saturated carbocycles. The molecule has 1 atom stereocenters. The first-order valence-corrected chi connectivity index (χ1v) is 6.43. The highest BCUT2D eigenvalue weighted by atomic mass is 16.6. The monoisotopic (exact) mass is 283 g/mol. The second kappa shape index (κ2) is 6.58. The van der Waals surface area contributed by atoms with Gasteiger partial charge in [0.15, 0.2) is 5.78 Å². The average molecular weight is 283 g/mol. The normalized spacial score (nSPS) is 13.2. The highest BCUT2D eigenvalue weighted by Crippen LogP contribution is 2.11. The molecule has 1 rings (SSSR count). The summed E-state index contributed by atoms with van der Waals surface area (Å²) in [5.41, 5.74) is 5.24. The quantitative estimate of drug-likeness (QED) is 0.468. The summed E-state index contributed by atoms with van der Waals surface area (Å²) in [6.45, 7) is 6.74. The Hall–Kier alpha value is -1.80. The number of H-pyrrole nitrogens is 1. The van der Waals surface area contributed by atoms with Crippen LogP contribution in [0, 0.1) is 16.0 Å². The molecule has 0 saturated heterocycles. The molecule has 1 aromatic rings. The van der Waals surface area contributed by atoms with E-state index in [9.17, 15) is 14.9 Å². The van der Waals surface area contributed by atoms with Gasteiger partial charge in [0.2, 0.25) is 0 Å². The maximum atomic E-state index is 12.2. The van der Waals surface area contributed by atoms with Crippen LogP contribution in [0.5, 0.6) is 0 Å². The third-order valence-corrected chi connectivity index (χ3v) is 3.13. The summed E-state index contributed by atoms with van der Waals surface area (Å²) < 4.78 is 0. The van der Waals surface area contributed by atoms with Crippen molar-refractivity contribution < 1.29 is 9.72 Å². The number of nitrogens with two attached hydrogens (primary N) is 1. The summed E-state index contributed by atoms with van der Waals surface area (Å²) in [6, 6.07) is 0. The van der Waals surface area contributed by atoms with Gasteiger partial charge in [-0.25, -0.2) is 4.98 Å². The first-order valence-electron chi connectivity index (χ1n) is 6.43. The summed E-state index contributed by atoms with van der Waals surface area (Å²) in [5.74, 6) is -0.147. The molecule has 4 N–H and O–H groups in total. The third kappa shape index (κ3) is 4.39. The van der Waals surface area contributed by atoms with E-state index in [1.54, 1.807) is 13.8 Å². The van der Waals surface area contributed by atoms with Crippen molar-refractivity contribution in [2.45, 2.75) is 32.7 Å². The van der Waals surface area contributed by atoms with E-state index in [-0.39, 0.29) is 24.1 Å². The van der Waals surface area contributed by atoms with Crippen LogP contribution in [0.3, 0.4) is 0 Å². The van der Waals surface area contributed by atoms with Gasteiger partial charge >= 0.3 is 5.95 Å². The van der Waals surface area contributed by atoms with Crippen LogP contribution in [-0.4, -0.2) is 39.3 Å². The maximum absolute atomic E-state index is 12.2. The Morgan fingerprint density at radius 3 is 2.80 bits per heavy atom. The number of nitro groups is 1. The summed E-state index contributed by atoms with van der Waals surface area (Å²) in [5, 5.41) is 13.7. The molecule has 0 amide bonds. The predicted octanol–water partition coefficient (Wildman–Crippen LogP) is 0.393. The van der Waals surface area contributed by atoms with Crippen molar-refractivity contribution in [1.82, 2.24) is 15.3 Å². The van der Waals surface area contributed by atoms with E-state index in [1.165, 1.54) is 6.20 Å². The molecule has 0 radical (unpaired) electrons. The summed E-state index contributed by atoms with van der Waals surface area (Å²) in [7, 11) is 0. The Bertz CT molecular complexity index is 483. The van der Waals surface area contributed by atoms with Gasteiger partial charge in [0.05, 0.1) is 12.0 Å². The number of Topliss-reactive ketones (excluding diaryl/α,β-unsaturated/α-hetero) is 1. The lowest BCUT2D eigenvalue weighted by molar-refractivity contribution is -0.393. The third-order valence-electron chi connectivity index (χ3n) is 3.13. The van der Waals surface area contributed by atoms with Gasteiger partial charge in [0.1, 0.15) is 11.9 Å². The van der Waals surface area contributed by atoms with E-state index in [1.807, 2.05) is 6.92 Å². The average Bonchev–Trinajstić information content (AvgIpc) is 2.84. The van der Waals surface area contributed by atoms with E-state index in [0.717, 1.165) is 0 Å². The number of nitrogens with one attached hydrogen (secondary N) is 2. The van der Waals surface area contributed by atoms with Gasteiger partial charge in [-0.15, -0.1) is 0 Å². The molecule has 0 bridgehead atoms. The molecule has 8 heteroatoms. The van der Waals surface area contributed by atoms with Gasteiger partial charge in [-0.2, -0.15) is 0 Å². The zero-order chi connectivity index (χ0) is 15.3. The van der Waals surface area contributed by atoms with Gasteiger partial charge in [-0.05, 0) is 37.8 Å². The number of aromatic nitrogens is 2. The van der Waals surface area contributed by atoms with Crippen molar-refractivity contribution in [2.75, 3.05) is 13.1 Å². The SMILES string of the molecule is CC(CN)CNC(C)(C)C(=O)Cc1cnc([N+](=O)[O-])[nH]1. The summed E-state index contributed by atoms with van der Waals surface area (Å²) in [6.07, 6.45) is 1.38. The lowest BCUT2D eigenvalue weighted by atomic mass is 9.95. The molecule has 0 spiro atoms. The van der Waals surface area contributed by atoms with Gasteiger partial charge in [-0.1, -0.05) is 11.9 Å². The van der Waals surface area contributed by atoms with E-state index in [0.29, 0.717) is 18.8 Å². The fraction of sp³-hybridized carbons (Fsp3) is 0.667. The van der Waals surface area contributed by atoms with Crippen LogP contribution in [-0.2, 0) is 11.2 Å². The van der Waals surface area contributed by atoms with Gasteiger partial charge < -0.3 is 21.2 Å². The van der Waals surface area contributed by atoms with E-state index in [4.69, 9.17) is 5.73 Å².